The highest BCUT2D eigenvalue weighted by Crippen LogP contribution is 2.35. The van der Waals surface area contributed by atoms with Crippen LogP contribution in [0.2, 0.25) is 0 Å². The van der Waals surface area contributed by atoms with Crippen LogP contribution in [0.1, 0.15) is 22.3 Å². The average molecular weight is 445 g/mol. The minimum atomic E-state index is -4.01. The summed E-state index contributed by atoms with van der Waals surface area (Å²) in [4.78, 5) is 0.01000. The second-order valence-corrected chi connectivity index (χ2v) is 11.2. The van der Waals surface area contributed by atoms with Crippen molar-refractivity contribution in [2.45, 2.75) is 47.3 Å². The minimum absolute atomic E-state index is 0.0934. The smallest absolute Gasteiger partial charge is 0.210 e. The lowest BCUT2D eigenvalue weighted by Crippen LogP contribution is -2.10. The number of benzene rings is 3. The molecule has 0 radical (unpaired) electrons. The van der Waals surface area contributed by atoms with Crippen LogP contribution in [0.15, 0.2) is 74.2 Å². The molecule has 0 N–H and O–H groups in total. The highest BCUT2D eigenvalue weighted by molar-refractivity contribution is 7.92. The molecule has 30 heavy (non-hydrogen) atoms. The van der Waals surface area contributed by atoms with Crippen LogP contribution >= 0.6 is 0 Å². The van der Waals surface area contributed by atoms with Crippen molar-refractivity contribution < 1.29 is 21.6 Å². The van der Waals surface area contributed by atoms with Crippen molar-refractivity contribution in [2.75, 3.05) is 7.11 Å². The quantitative estimate of drug-likeness (QED) is 0.575. The molecule has 0 unspecified atom stereocenters. The summed E-state index contributed by atoms with van der Waals surface area (Å²) in [7, 11) is -6.57. The zero-order valence-electron chi connectivity index (χ0n) is 17.6. The summed E-state index contributed by atoms with van der Waals surface area (Å²) in [5, 5.41) is 0. The van der Waals surface area contributed by atoms with Crippen molar-refractivity contribution in [3.05, 3.63) is 76.9 Å². The molecular formula is C23H24O5S2. The van der Waals surface area contributed by atoms with Crippen LogP contribution in [0, 0.1) is 27.7 Å². The van der Waals surface area contributed by atoms with Gasteiger partial charge < -0.3 is 4.74 Å². The molecule has 0 aliphatic heterocycles. The Bertz CT molecular complexity index is 1340. The van der Waals surface area contributed by atoms with Gasteiger partial charge in [-0.15, -0.1) is 0 Å². The molecule has 5 nitrogen and oxygen atoms in total. The molecule has 3 aromatic carbocycles. The molecular weight excluding hydrogens is 420 g/mol. The summed E-state index contributed by atoms with van der Waals surface area (Å²) in [6.07, 6.45) is 0. The van der Waals surface area contributed by atoms with Gasteiger partial charge in [-0.2, -0.15) is 0 Å². The van der Waals surface area contributed by atoms with E-state index >= 15 is 0 Å². The molecule has 7 heteroatoms. The van der Waals surface area contributed by atoms with E-state index in [-0.39, 0.29) is 25.3 Å². The highest BCUT2D eigenvalue weighted by atomic mass is 32.2. The summed E-state index contributed by atoms with van der Waals surface area (Å²) in [5.41, 5.74) is 2.76. The van der Waals surface area contributed by atoms with E-state index in [4.69, 9.17) is 4.74 Å². The fraction of sp³-hybridized carbons (Fsp3) is 0.217. The van der Waals surface area contributed by atoms with Crippen LogP contribution < -0.4 is 4.74 Å². The maximum absolute atomic E-state index is 13.4. The molecule has 0 bridgehead atoms. The van der Waals surface area contributed by atoms with Crippen LogP contribution in [0.25, 0.3) is 0 Å². The van der Waals surface area contributed by atoms with Gasteiger partial charge in [0.15, 0.2) is 0 Å². The van der Waals surface area contributed by atoms with E-state index in [1.165, 1.54) is 25.3 Å². The maximum Gasteiger partial charge on any atom is 0.210 e. The van der Waals surface area contributed by atoms with Crippen LogP contribution in [0.5, 0.6) is 5.75 Å². The van der Waals surface area contributed by atoms with Crippen molar-refractivity contribution >= 4 is 19.7 Å². The molecule has 158 valence electrons. The molecule has 0 fully saturated rings. The number of hydrogen-bond acceptors (Lipinski definition) is 5. The van der Waals surface area contributed by atoms with Gasteiger partial charge in [0.1, 0.15) is 10.6 Å². The van der Waals surface area contributed by atoms with Gasteiger partial charge in [0.2, 0.25) is 19.7 Å². The van der Waals surface area contributed by atoms with Crippen molar-refractivity contribution in [2.24, 2.45) is 0 Å². The first-order chi connectivity index (χ1) is 14.0. The Morgan fingerprint density at radius 2 is 1.10 bits per heavy atom. The fourth-order valence-corrected chi connectivity index (χ4v) is 6.72. The fourth-order valence-electron chi connectivity index (χ4n) is 3.27. The Kier molecular flexibility index (Phi) is 5.80. The first-order valence-electron chi connectivity index (χ1n) is 9.31. The molecule has 0 saturated carbocycles. The zero-order chi connectivity index (χ0) is 22.3. The third-order valence-corrected chi connectivity index (χ3v) is 8.81. The molecule has 0 aliphatic rings. The van der Waals surface area contributed by atoms with Gasteiger partial charge in [0, 0.05) is 0 Å². The van der Waals surface area contributed by atoms with E-state index in [1.54, 1.807) is 45.0 Å². The SMILES string of the molecule is COc1ccc(S(=O)(=O)c2cc(C)ccc2C)cc1S(=O)(=O)c1cc(C)ccc1C. The molecule has 0 aliphatic carbocycles. The van der Waals surface area contributed by atoms with E-state index in [0.717, 1.165) is 11.1 Å². The first-order valence-corrected chi connectivity index (χ1v) is 12.3. The van der Waals surface area contributed by atoms with Gasteiger partial charge >= 0.3 is 0 Å². The van der Waals surface area contributed by atoms with Crippen molar-refractivity contribution in [3.63, 3.8) is 0 Å². The number of sulfone groups is 2. The van der Waals surface area contributed by atoms with Gasteiger partial charge in [-0.05, 0) is 80.3 Å². The standard InChI is InChI=1S/C23H24O5S2/c1-15-6-8-17(3)21(12-15)29(24,25)19-10-11-20(28-5)23(14-19)30(26,27)22-13-16(2)7-9-18(22)4/h6-14H,1-5H3. The van der Waals surface area contributed by atoms with E-state index in [2.05, 4.69) is 0 Å². The summed E-state index contributed by atoms with van der Waals surface area (Å²) >= 11 is 0. The van der Waals surface area contributed by atoms with Crippen LogP contribution in [0.4, 0.5) is 0 Å². The number of methoxy groups -OCH3 is 1. The Morgan fingerprint density at radius 1 is 0.600 bits per heavy atom. The maximum atomic E-state index is 13.4. The third kappa shape index (κ3) is 3.87. The molecule has 0 amide bonds. The van der Waals surface area contributed by atoms with E-state index in [0.29, 0.717) is 11.1 Å². The van der Waals surface area contributed by atoms with Gasteiger partial charge in [0.25, 0.3) is 0 Å². The topological polar surface area (TPSA) is 77.5 Å². The van der Waals surface area contributed by atoms with E-state index < -0.39 is 19.7 Å². The highest BCUT2D eigenvalue weighted by Gasteiger charge is 2.28. The Labute approximate surface area is 178 Å². The van der Waals surface area contributed by atoms with Crippen molar-refractivity contribution in [1.29, 1.82) is 0 Å². The van der Waals surface area contributed by atoms with Crippen molar-refractivity contribution in [3.8, 4) is 5.75 Å². The molecule has 3 aromatic rings. The monoisotopic (exact) mass is 444 g/mol. The molecule has 0 spiro atoms. The van der Waals surface area contributed by atoms with E-state index in [1.807, 2.05) is 19.1 Å². The van der Waals surface area contributed by atoms with Gasteiger partial charge in [-0.25, -0.2) is 16.8 Å². The number of hydrogen-bond donors (Lipinski definition) is 0. The lowest BCUT2D eigenvalue weighted by atomic mass is 10.2. The predicted octanol–water partition coefficient (Wildman–Crippen LogP) is 4.59. The Hall–Kier alpha value is -2.64. The predicted molar refractivity (Wildman–Crippen MR) is 116 cm³/mol. The zero-order valence-corrected chi connectivity index (χ0v) is 19.2. The van der Waals surface area contributed by atoms with Crippen molar-refractivity contribution in [1.82, 2.24) is 0 Å². The molecule has 0 atom stereocenters. The van der Waals surface area contributed by atoms with E-state index in [9.17, 15) is 16.8 Å². The van der Waals surface area contributed by atoms with Crippen LogP contribution in [0.3, 0.4) is 0 Å². The number of aryl methyl sites for hydroxylation is 4. The van der Waals surface area contributed by atoms with Gasteiger partial charge in [-0.1, -0.05) is 24.3 Å². The summed E-state index contributed by atoms with van der Waals surface area (Å²) in [5.74, 6) is 0.0934. The molecule has 0 aromatic heterocycles. The lowest BCUT2D eigenvalue weighted by molar-refractivity contribution is 0.402. The summed E-state index contributed by atoms with van der Waals surface area (Å²) in [6, 6.07) is 14.2. The largest absolute Gasteiger partial charge is 0.495 e. The normalized spacial score (nSPS) is 12.0. The van der Waals surface area contributed by atoms with Gasteiger partial charge in [0.05, 0.1) is 21.8 Å². The van der Waals surface area contributed by atoms with Crippen LogP contribution in [-0.2, 0) is 19.7 Å². The first kappa shape index (κ1) is 22.1. The second kappa shape index (κ2) is 7.89. The summed E-state index contributed by atoms with van der Waals surface area (Å²) < 4.78 is 58.8. The molecule has 0 saturated heterocycles. The number of ether oxygens (including phenoxy) is 1. The van der Waals surface area contributed by atoms with Crippen LogP contribution in [-0.4, -0.2) is 23.9 Å². The average Bonchev–Trinajstić information content (AvgIpc) is 2.70. The molecule has 3 rings (SSSR count). The Morgan fingerprint density at radius 3 is 1.60 bits per heavy atom. The minimum Gasteiger partial charge on any atom is -0.495 e. The second-order valence-electron chi connectivity index (χ2n) is 7.36. The third-order valence-electron chi connectivity index (χ3n) is 5.00. The Balaban J connectivity index is 2.27. The molecule has 0 heterocycles. The number of rotatable bonds is 5. The van der Waals surface area contributed by atoms with Gasteiger partial charge in [-0.3, -0.25) is 0 Å². The summed E-state index contributed by atoms with van der Waals surface area (Å²) in [6.45, 7) is 7.03. The lowest BCUT2D eigenvalue weighted by Gasteiger charge is -2.15.